The Morgan fingerprint density at radius 1 is 1.24 bits per heavy atom. The van der Waals surface area contributed by atoms with Crippen LogP contribution >= 0.6 is 0 Å². The van der Waals surface area contributed by atoms with Gasteiger partial charge in [0.1, 0.15) is 12.3 Å². The molecule has 1 saturated heterocycles. The average molecular weight is 248 g/mol. The summed E-state index contributed by atoms with van der Waals surface area (Å²) in [5.41, 5.74) is 6.07. The molecule has 2 rings (SSSR count). The van der Waals surface area contributed by atoms with Crippen molar-refractivity contribution in [3.63, 3.8) is 0 Å². The molecule has 3 unspecified atom stereocenters. The molecular formula is C11H22F2N4. The average Bonchev–Trinajstić information content (AvgIpc) is 2.72. The highest BCUT2D eigenvalue weighted by atomic mass is 19.1. The van der Waals surface area contributed by atoms with Crippen molar-refractivity contribution in [2.24, 2.45) is 5.92 Å². The van der Waals surface area contributed by atoms with Crippen LogP contribution in [-0.2, 0) is 0 Å². The van der Waals surface area contributed by atoms with Crippen molar-refractivity contribution in [3.05, 3.63) is 0 Å². The van der Waals surface area contributed by atoms with Crippen molar-refractivity contribution in [2.45, 2.75) is 37.8 Å². The van der Waals surface area contributed by atoms with Crippen LogP contribution in [0.3, 0.4) is 0 Å². The van der Waals surface area contributed by atoms with Crippen LogP contribution in [0, 0.1) is 5.92 Å². The van der Waals surface area contributed by atoms with E-state index in [4.69, 9.17) is 0 Å². The van der Waals surface area contributed by atoms with E-state index in [1.165, 1.54) is 0 Å². The minimum Gasteiger partial charge on any atom is -0.292 e. The van der Waals surface area contributed by atoms with Crippen molar-refractivity contribution < 1.29 is 8.78 Å². The van der Waals surface area contributed by atoms with Crippen LogP contribution in [0.4, 0.5) is 8.78 Å². The molecule has 0 aromatic carbocycles. The second-order valence-corrected chi connectivity index (χ2v) is 5.27. The van der Waals surface area contributed by atoms with Crippen LogP contribution in [0.2, 0.25) is 0 Å². The molecule has 4 nitrogen and oxygen atoms in total. The summed E-state index contributed by atoms with van der Waals surface area (Å²) in [6, 6.07) is 0. The maximum Gasteiger partial charge on any atom is 0.107 e. The van der Waals surface area contributed by atoms with Gasteiger partial charge in [-0.05, 0) is 33.4 Å². The number of likely N-dealkylation sites (N-methyl/N-ethyl adjacent to an activating group) is 1. The fourth-order valence-corrected chi connectivity index (χ4v) is 2.52. The van der Waals surface area contributed by atoms with Gasteiger partial charge in [-0.15, -0.1) is 0 Å². The summed E-state index contributed by atoms with van der Waals surface area (Å²) < 4.78 is 27.4. The molecule has 0 aromatic heterocycles. The Morgan fingerprint density at radius 2 is 1.88 bits per heavy atom. The Balaban J connectivity index is 1.84. The molecule has 1 heterocycles. The second kappa shape index (κ2) is 5.56. The second-order valence-electron chi connectivity index (χ2n) is 5.27. The van der Waals surface area contributed by atoms with E-state index in [-0.39, 0.29) is 6.17 Å². The lowest BCUT2D eigenvalue weighted by atomic mass is 9.85. The Labute approximate surface area is 101 Å². The molecule has 0 radical (unpaired) electrons. The number of rotatable bonds is 3. The van der Waals surface area contributed by atoms with Crippen LogP contribution in [0.1, 0.15) is 19.3 Å². The molecule has 6 heteroatoms. The standard InChI is InChI=1S/C11H22F2N4/c1-16(2)11-7-17(15-14-11)6-8-9(12)4-3-5-10(8)13/h8-11,14-15H,3-7H2,1-2H3. The van der Waals surface area contributed by atoms with E-state index < -0.39 is 18.3 Å². The molecule has 0 aromatic rings. The quantitative estimate of drug-likeness (QED) is 0.769. The van der Waals surface area contributed by atoms with Crippen molar-refractivity contribution >= 4 is 0 Å². The van der Waals surface area contributed by atoms with E-state index in [1.54, 1.807) is 0 Å². The molecule has 0 amide bonds. The molecule has 0 bridgehead atoms. The number of alkyl halides is 2. The Hall–Kier alpha value is -0.300. The largest absolute Gasteiger partial charge is 0.292 e. The van der Waals surface area contributed by atoms with Gasteiger partial charge in [0.05, 0.1) is 6.17 Å². The van der Waals surface area contributed by atoms with Gasteiger partial charge < -0.3 is 0 Å². The maximum atomic E-state index is 13.7. The molecule has 3 atom stereocenters. The van der Waals surface area contributed by atoms with Gasteiger partial charge >= 0.3 is 0 Å². The third-order valence-electron chi connectivity index (χ3n) is 3.73. The molecule has 0 spiro atoms. The first-order valence-electron chi connectivity index (χ1n) is 6.28. The highest BCUT2D eigenvalue weighted by Gasteiger charge is 2.36. The fraction of sp³-hybridized carbons (Fsp3) is 1.00. The van der Waals surface area contributed by atoms with E-state index in [1.807, 2.05) is 24.0 Å². The van der Waals surface area contributed by atoms with Crippen molar-refractivity contribution in [1.29, 1.82) is 0 Å². The molecule has 100 valence electrons. The smallest absolute Gasteiger partial charge is 0.107 e. The van der Waals surface area contributed by atoms with Gasteiger partial charge in [-0.25, -0.2) is 19.2 Å². The van der Waals surface area contributed by atoms with Crippen LogP contribution in [0.5, 0.6) is 0 Å². The first-order valence-corrected chi connectivity index (χ1v) is 6.28. The summed E-state index contributed by atoms with van der Waals surface area (Å²) >= 11 is 0. The van der Waals surface area contributed by atoms with Crippen LogP contribution < -0.4 is 11.0 Å². The van der Waals surface area contributed by atoms with E-state index in [2.05, 4.69) is 11.0 Å². The van der Waals surface area contributed by atoms with E-state index in [9.17, 15) is 8.78 Å². The molecule has 1 saturated carbocycles. The first-order chi connectivity index (χ1) is 8.08. The van der Waals surface area contributed by atoms with Crippen LogP contribution in [0.15, 0.2) is 0 Å². The van der Waals surface area contributed by atoms with E-state index in [0.717, 1.165) is 6.54 Å². The number of hydrogen-bond acceptors (Lipinski definition) is 4. The monoisotopic (exact) mass is 248 g/mol. The maximum absolute atomic E-state index is 13.7. The zero-order chi connectivity index (χ0) is 12.4. The normalized spacial score (nSPS) is 40.1. The zero-order valence-electron chi connectivity index (χ0n) is 10.5. The van der Waals surface area contributed by atoms with Gasteiger partial charge in [0.15, 0.2) is 0 Å². The highest BCUT2D eigenvalue weighted by molar-refractivity contribution is 4.85. The molecule has 1 aliphatic carbocycles. The van der Waals surface area contributed by atoms with E-state index >= 15 is 0 Å². The predicted octanol–water partition coefficient (Wildman–Crippen LogP) is 0.675. The third kappa shape index (κ3) is 3.13. The zero-order valence-corrected chi connectivity index (χ0v) is 10.5. The minimum absolute atomic E-state index is 0.190. The summed E-state index contributed by atoms with van der Waals surface area (Å²) in [7, 11) is 3.94. The van der Waals surface area contributed by atoms with Gasteiger partial charge in [0.25, 0.3) is 0 Å². The Morgan fingerprint density at radius 3 is 2.41 bits per heavy atom. The number of nitrogens with one attached hydrogen (secondary N) is 2. The lowest BCUT2D eigenvalue weighted by Crippen LogP contribution is -2.45. The highest BCUT2D eigenvalue weighted by Crippen LogP contribution is 2.30. The Bertz CT molecular complexity index is 242. The fourth-order valence-electron chi connectivity index (χ4n) is 2.52. The van der Waals surface area contributed by atoms with Crippen LogP contribution in [0.25, 0.3) is 0 Å². The third-order valence-corrected chi connectivity index (χ3v) is 3.73. The van der Waals surface area contributed by atoms with Gasteiger partial charge in [0.2, 0.25) is 0 Å². The molecule has 1 aliphatic heterocycles. The summed E-state index contributed by atoms with van der Waals surface area (Å²) in [4.78, 5) is 2.04. The number of hydrogen-bond donors (Lipinski definition) is 2. The molecule has 17 heavy (non-hydrogen) atoms. The molecule has 2 N–H and O–H groups in total. The number of halogens is 2. The first kappa shape index (κ1) is 13.1. The number of hydrazine groups is 2. The van der Waals surface area contributed by atoms with Gasteiger partial charge in [0, 0.05) is 19.0 Å². The van der Waals surface area contributed by atoms with Gasteiger partial charge in [-0.2, -0.15) is 5.53 Å². The van der Waals surface area contributed by atoms with Crippen molar-refractivity contribution in [2.75, 3.05) is 27.2 Å². The van der Waals surface area contributed by atoms with Gasteiger partial charge in [-0.3, -0.25) is 4.90 Å². The minimum atomic E-state index is -1.00. The SMILES string of the molecule is CN(C)C1CN(CC2C(F)CCCC2F)NN1. The number of nitrogens with zero attached hydrogens (tertiary/aromatic N) is 2. The molecule has 2 fully saturated rings. The van der Waals surface area contributed by atoms with E-state index in [0.29, 0.717) is 25.8 Å². The molecule has 2 aliphatic rings. The lowest BCUT2D eigenvalue weighted by Gasteiger charge is -2.32. The Kier molecular flexibility index (Phi) is 4.30. The summed E-state index contributed by atoms with van der Waals surface area (Å²) in [5.74, 6) is -0.487. The van der Waals surface area contributed by atoms with Crippen molar-refractivity contribution in [1.82, 2.24) is 20.9 Å². The summed E-state index contributed by atoms with van der Waals surface area (Å²) in [6.45, 7) is 1.17. The molecular weight excluding hydrogens is 226 g/mol. The van der Waals surface area contributed by atoms with Crippen LogP contribution in [-0.4, -0.2) is 55.6 Å². The predicted molar refractivity (Wildman–Crippen MR) is 62.5 cm³/mol. The van der Waals surface area contributed by atoms with Gasteiger partial charge in [-0.1, -0.05) is 0 Å². The van der Waals surface area contributed by atoms with Crippen molar-refractivity contribution in [3.8, 4) is 0 Å². The summed E-state index contributed by atoms with van der Waals surface area (Å²) in [5, 5.41) is 1.87. The lowest BCUT2D eigenvalue weighted by molar-refractivity contribution is 0.0385. The topological polar surface area (TPSA) is 30.5 Å². The summed E-state index contributed by atoms with van der Waals surface area (Å²) in [6.07, 6.45) is -0.134.